The number of aliphatic hydroxyl groups excluding tert-OH is 1. The molecular weight excluding hydrogens is 688 g/mol. The highest BCUT2D eigenvalue weighted by Gasteiger charge is 2.33. The number of hydrogen-bond acceptors (Lipinski definition) is 11. The van der Waals surface area contributed by atoms with Crippen molar-refractivity contribution in [2.24, 2.45) is 11.8 Å². The number of carboxylic acid groups (broad SMARTS) is 1. The number of carbonyl (C=O) groups is 6. The third kappa shape index (κ3) is 15.4. The number of phenols is 1. The lowest BCUT2D eigenvalue weighted by Gasteiger charge is -2.28. The van der Waals surface area contributed by atoms with Crippen LogP contribution in [0.1, 0.15) is 37.8 Å². The molecular formula is C34H44N4O12S. The maximum atomic E-state index is 13.6. The summed E-state index contributed by atoms with van der Waals surface area (Å²) in [6, 6.07) is 9.03. The van der Waals surface area contributed by atoms with Gasteiger partial charge in [-0.25, -0.2) is 13.2 Å². The number of nitrogens with one attached hydrogen (secondary N) is 4. The van der Waals surface area contributed by atoms with E-state index in [1.54, 1.807) is 44.2 Å². The summed E-state index contributed by atoms with van der Waals surface area (Å²) in [6.45, 7) is 2.29. The molecule has 17 heteroatoms. The molecule has 1 unspecified atom stereocenters. The highest BCUT2D eigenvalue weighted by Crippen LogP contribution is 2.13. The number of hydrogen-bond donors (Lipinski definition) is 7. The Kier molecular flexibility index (Phi) is 16.8. The van der Waals surface area contributed by atoms with E-state index >= 15 is 0 Å². The van der Waals surface area contributed by atoms with Crippen LogP contribution < -0.4 is 21.3 Å². The van der Waals surface area contributed by atoms with Gasteiger partial charge in [0.1, 0.15) is 36.8 Å². The zero-order valence-corrected chi connectivity index (χ0v) is 29.2. The Bertz CT molecular complexity index is 1630. The number of ether oxygens (including phenoxy) is 1. The minimum absolute atomic E-state index is 0.0417. The van der Waals surface area contributed by atoms with Gasteiger partial charge in [-0.1, -0.05) is 62.4 Å². The molecule has 0 aliphatic rings. The first-order chi connectivity index (χ1) is 24.0. The van der Waals surface area contributed by atoms with E-state index in [1.807, 2.05) is 0 Å². The van der Waals surface area contributed by atoms with Gasteiger partial charge in [-0.2, -0.15) is 0 Å². The Morgan fingerprint density at radius 1 is 0.843 bits per heavy atom. The fraction of sp³-hybridized carbons (Fsp3) is 0.412. The predicted molar refractivity (Wildman–Crippen MR) is 183 cm³/mol. The van der Waals surface area contributed by atoms with E-state index in [2.05, 4.69) is 21.3 Å². The van der Waals surface area contributed by atoms with Crippen LogP contribution in [-0.2, 0) is 51.6 Å². The van der Waals surface area contributed by atoms with Gasteiger partial charge in [-0.3, -0.25) is 19.2 Å². The Hall–Kier alpha value is -5.29. The molecule has 278 valence electrons. The lowest BCUT2D eigenvalue weighted by molar-refractivity contribution is -0.138. The van der Waals surface area contributed by atoms with E-state index in [9.17, 15) is 52.5 Å². The van der Waals surface area contributed by atoms with Crippen molar-refractivity contribution in [1.82, 2.24) is 21.3 Å². The number of carbonyl (C=O) groups excluding carboxylic acids is 5. The number of aromatic hydroxyl groups is 1. The molecule has 0 spiro atoms. The first-order valence-electron chi connectivity index (χ1n) is 15.8. The van der Waals surface area contributed by atoms with Gasteiger partial charge in [0.2, 0.25) is 17.7 Å². The smallest absolute Gasteiger partial charge is 0.408 e. The standard InChI is InChI=1S/C34H44N4O12S/c1-21(2)30(33(46)35-26(24(18-39)19-40)15-16-51(3,48)49)38-31(44)27(13-14-29(42)43)36-32(45)28(17-22-9-11-25(41)12-10-22)37-34(47)50-20-23-7-5-4-6-8-23/h4-12,15-16,18,21,24,26-28,30,40-41H,13-14,17,19-20H2,1-3H3,(H,35,46)(H,36,45)(H,37,47)(H,38,44)(H,42,43)/b16-15+/t24?,26-,27+,28+,30+/m1/s1. The molecule has 2 aromatic rings. The molecule has 4 amide bonds. The average Bonchev–Trinajstić information content (AvgIpc) is 3.07. The van der Waals surface area contributed by atoms with E-state index in [0.29, 0.717) is 17.4 Å². The van der Waals surface area contributed by atoms with E-state index < -0.39 is 95.1 Å². The Labute approximate surface area is 295 Å². The lowest BCUT2D eigenvalue weighted by atomic mass is 9.98. The van der Waals surface area contributed by atoms with E-state index in [-0.39, 0.29) is 18.8 Å². The second-order valence-electron chi connectivity index (χ2n) is 12.0. The number of amides is 4. The predicted octanol–water partition coefficient (Wildman–Crippen LogP) is 0.571. The van der Waals surface area contributed by atoms with Crippen LogP contribution in [0, 0.1) is 11.8 Å². The maximum absolute atomic E-state index is 13.6. The second-order valence-corrected chi connectivity index (χ2v) is 14.0. The van der Waals surface area contributed by atoms with Crippen LogP contribution in [0.5, 0.6) is 5.75 Å². The molecule has 2 aromatic carbocycles. The van der Waals surface area contributed by atoms with Gasteiger partial charge in [0, 0.05) is 24.5 Å². The summed E-state index contributed by atoms with van der Waals surface area (Å²) in [7, 11) is -3.68. The van der Waals surface area contributed by atoms with Crippen LogP contribution in [0.4, 0.5) is 4.79 Å². The zero-order valence-electron chi connectivity index (χ0n) is 28.4. The fourth-order valence-corrected chi connectivity index (χ4v) is 5.06. The quantitative estimate of drug-likeness (QED) is 0.0923. The van der Waals surface area contributed by atoms with E-state index in [4.69, 9.17) is 4.74 Å². The van der Waals surface area contributed by atoms with Crippen molar-refractivity contribution in [1.29, 1.82) is 0 Å². The molecule has 0 saturated heterocycles. The van der Waals surface area contributed by atoms with Gasteiger partial charge in [0.05, 0.1) is 18.6 Å². The number of phenolic OH excluding ortho intramolecular Hbond substituents is 1. The second kappa shape index (κ2) is 20.4. The number of aliphatic carboxylic acids is 1. The normalized spacial score (nSPS) is 14.4. The van der Waals surface area contributed by atoms with Gasteiger partial charge < -0.3 is 46.1 Å². The van der Waals surface area contributed by atoms with Gasteiger partial charge in [-0.05, 0) is 35.6 Å². The number of carboxylic acids is 1. The van der Waals surface area contributed by atoms with Crippen molar-refractivity contribution >= 4 is 45.9 Å². The van der Waals surface area contributed by atoms with Crippen molar-refractivity contribution in [3.05, 3.63) is 77.2 Å². The average molecular weight is 733 g/mol. The monoisotopic (exact) mass is 732 g/mol. The highest BCUT2D eigenvalue weighted by atomic mass is 32.2. The molecule has 0 fully saturated rings. The maximum Gasteiger partial charge on any atom is 0.408 e. The van der Waals surface area contributed by atoms with Crippen LogP contribution in [0.25, 0.3) is 0 Å². The Morgan fingerprint density at radius 2 is 1.47 bits per heavy atom. The number of sulfone groups is 1. The molecule has 7 N–H and O–H groups in total. The SMILES string of the molecule is CC(C)[C@H](NC(=O)[C@H](CCC(=O)O)NC(=O)[C@H](Cc1ccc(O)cc1)NC(=O)OCc1ccccc1)C(=O)N[C@H](/C=C/S(C)(=O)=O)C(C=O)CO. The van der Waals surface area contributed by atoms with E-state index in [0.717, 1.165) is 17.7 Å². The summed E-state index contributed by atoms with van der Waals surface area (Å²) in [5, 5.41) is 39.2. The molecule has 0 saturated carbocycles. The minimum atomic E-state index is -3.68. The third-order valence-corrected chi connectivity index (χ3v) is 8.06. The van der Waals surface area contributed by atoms with Gasteiger partial charge in [-0.15, -0.1) is 0 Å². The largest absolute Gasteiger partial charge is 0.508 e. The summed E-state index contributed by atoms with van der Waals surface area (Å²) in [4.78, 5) is 76.3. The summed E-state index contributed by atoms with van der Waals surface area (Å²) < 4.78 is 28.6. The first-order valence-corrected chi connectivity index (χ1v) is 17.8. The molecule has 16 nitrogen and oxygen atoms in total. The number of benzene rings is 2. The van der Waals surface area contributed by atoms with Crippen molar-refractivity contribution in [2.75, 3.05) is 12.9 Å². The van der Waals surface area contributed by atoms with Crippen molar-refractivity contribution in [3.8, 4) is 5.75 Å². The van der Waals surface area contributed by atoms with Gasteiger partial charge in [0.15, 0.2) is 9.84 Å². The minimum Gasteiger partial charge on any atom is -0.508 e. The number of alkyl carbamates (subject to hydrolysis) is 1. The van der Waals surface area contributed by atoms with Crippen LogP contribution in [0.2, 0.25) is 0 Å². The molecule has 0 radical (unpaired) electrons. The van der Waals surface area contributed by atoms with Crippen molar-refractivity contribution in [3.63, 3.8) is 0 Å². The van der Waals surface area contributed by atoms with E-state index in [1.165, 1.54) is 24.3 Å². The summed E-state index contributed by atoms with van der Waals surface area (Å²) in [5.41, 5.74) is 1.19. The highest BCUT2D eigenvalue weighted by molar-refractivity contribution is 7.93. The number of aldehydes is 1. The Balaban J connectivity index is 2.31. The van der Waals surface area contributed by atoms with Crippen LogP contribution in [0.15, 0.2) is 66.1 Å². The van der Waals surface area contributed by atoms with Crippen molar-refractivity contribution in [2.45, 2.75) is 63.9 Å². The fourth-order valence-electron chi connectivity index (χ4n) is 4.60. The molecule has 0 aliphatic heterocycles. The molecule has 51 heavy (non-hydrogen) atoms. The molecule has 0 aliphatic carbocycles. The van der Waals surface area contributed by atoms with Gasteiger partial charge in [0.25, 0.3) is 0 Å². The Morgan fingerprint density at radius 3 is 2.02 bits per heavy atom. The summed E-state index contributed by atoms with van der Waals surface area (Å²) in [6.07, 6.45) is 0.169. The summed E-state index contributed by atoms with van der Waals surface area (Å²) in [5.74, 6) is -5.87. The molecule has 0 aromatic heterocycles. The summed E-state index contributed by atoms with van der Waals surface area (Å²) >= 11 is 0. The number of rotatable bonds is 20. The van der Waals surface area contributed by atoms with Crippen LogP contribution in [0.3, 0.4) is 0 Å². The molecule has 0 heterocycles. The molecule has 0 bridgehead atoms. The van der Waals surface area contributed by atoms with Gasteiger partial charge >= 0.3 is 12.1 Å². The lowest BCUT2D eigenvalue weighted by Crippen LogP contribution is -2.59. The third-order valence-electron chi connectivity index (χ3n) is 7.41. The van der Waals surface area contributed by atoms with Crippen molar-refractivity contribution < 1.29 is 57.2 Å². The van der Waals surface area contributed by atoms with Crippen LogP contribution >= 0.6 is 0 Å². The number of aliphatic hydroxyl groups is 1. The zero-order chi connectivity index (χ0) is 38.1. The van der Waals surface area contributed by atoms with Crippen LogP contribution in [-0.4, -0.2) is 96.8 Å². The first kappa shape index (κ1) is 41.9. The topological polar surface area (TPSA) is 255 Å². The molecule has 2 rings (SSSR count). The molecule has 5 atom stereocenters.